The second-order valence-corrected chi connectivity index (χ2v) is 4.49. The van der Waals surface area contributed by atoms with E-state index in [9.17, 15) is 5.11 Å². The fourth-order valence-electron chi connectivity index (χ4n) is 1.82. The third-order valence-corrected chi connectivity index (χ3v) is 3.16. The van der Waals surface area contributed by atoms with Crippen LogP contribution in [-0.4, -0.2) is 12.2 Å². The summed E-state index contributed by atoms with van der Waals surface area (Å²) < 4.78 is 5.15. The molecule has 0 aliphatic carbocycles. The topological polar surface area (TPSA) is 29.5 Å². The molecule has 1 aromatic carbocycles. The fraction of sp³-hybridized carbons (Fsp3) is 0.571. The molecule has 16 heavy (non-hydrogen) atoms. The van der Waals surface area contributed by atoms with Gasteiger partial charge in [0.05, 0.1) is 13.2 Å². The second-order valence-electron chi connectivity index (χ2n) is 4.49. The Morgan fingerprint density at radius 1 is 1.38 bits per heavy atom. The molecular formula is C14H22O2. The highest BCUT2D eigenvalue weighted by atomic mass is 16.5. The Balaban J connectivity index is 2.79. The molecule has 2 atom stereocenters. The van der Waals surface area contributed by atoms with Gasteiger partial charge in [-0.25, -0.2) is 0 Å². The Kier molecular flexibility index (Phi) is 4.81. The van der Waals surface area contributed by atoms with Crippen molar-refractivity contribution in [3.05, 3.63) is 29.3 Å². The Morgan fingerprint density at radius 2 is 2.06 bits per heavy atom. The zero-order chi connectivity index (χ0) is 12.1. The third kappa shape index (κ3) is 3.24. The summed E-state index contributed by atoms with van der Waals surface area (Å²) in [6.45, 7) is 6.33. The normalized spacial score (nSPS) is 14.6. The molecule has 1 N–H and O–H groups in total. The largest absolute Gasteiger partial charge is 0.497 e. The number of aliphatic hydroxyl groups is 1. The highest BCUT2D eigenvalue weighted by Crippen LogP contribution is 2.27. The summed E-state index contributed by atoms with van der Waals surface area (Å²) in [6.07, 6.45) is 1.57. The van der Waals surface area contributed by atoms with Gasteiger partial charge in [0, 0.05) is 0 Å². The van der Waals surface area contributed by atoms with Gasteiger partial charge in [0.2, 0.25) is 0 Å². The summed E-state index contributed by atoms with van der Waals surface area (Å²) in [5.74, 6) is 1.40. The first-order chi connectivity index (χ1) is 7.58. The van der Waals surface area contributed by atoms with Gasteiger partial charge in [-0.15, -0.1) is 0 Å². The van der Waals surface area contributed by atoms with Crippen LogP contribution in [-0.2, 0) is 0 Å². The maximum Gasteiger partial charge on any atom is 0.119 e. The van der Waals surface area contributed by atoms with Crippen molar-refractivity contribution in [1.29, 1.82) is 0 Å². The van der Waals surface area contributed by atoms with E-state index in [1.807, 2.05) is 25.1 Å². The minimum atomic E-state index is -0.360. The van der Waals surface area contributed by atoms with Crippen LogP contribution in [0.3, 0.4) is 0 Å². The first-order valence-electron chi connectivity index (χ1n) is 5.91. The molecule has 0 aliphatic rings. The number of aryl methyl sites for hydroxylation is 1. The maximum absolute atomic E-state index is 10.1. The van der Waals surface area contributed by atoms with E-state index < -0.39 is 0 Å². The second kappa shape index (κ2) is 5.90. The van der Waals surface area contributed by atoms with Gasteiger partial charge in [-0.2, -0.15) is 0 Å². The number of methoxy groups -OCH3 is 1. The predicted octanol–water partition coefficient (Wildman–Crippen LogP) is 3.47. The standard InChI is InChI=1S/C14H22O2/c1-5-10(2)8-14(15)13-7-6-12(16-4)9-11(13)3/h6-7,9-10,14-15H,5,8H2,1-4H3. The molecule has 2 unspecified atom stereocenters. The molecule has 0 bridgehead atoms. The number of hydrogen-bond donors (Lipinski definition) is 1. The van der Waals surface area contributed by atoms with Gasteiger partial charge in [-0.1, -0.05) is 26.3 Å². The average Bonchev–Trinajstić information content (AvgIpc) is 2.28. The number of benzene rings is 1. The number of aliphatic hydroxyl groups excluding tert-OH is 1. The average molecular weight is 222 g/mol. The van der Waals surface area contributed by atoms with Crippen LogP contribution in [0.15, 0.2) is 18.2 Å². The van der Waals surface area contributed by atoms with Gasteiger partial charge < -0.3 is 9.84 Å². The van der Waals surface area contributed by atoms with E-state index in [2.05, 4.69) is 13.8 Å². The SMILES string of the molecule is CCC(C)CC(O)c1ccc(OC)cc1C. The Labute approximate surface area is 98.3 Å². The lowest BCUT2D eigenvalue weighted by Gasteiger charge is -2.17. The molecule has 2 nitrogen and oxygen atoms in total. The van der Waals surface area contributed by atoms with Gasteiger partial charge >= 0.3 is 0 Å². The lowest BCUT2D eigenvalue weighted by molar-refractivity contribution is 0.146. The van der Waals surface area contributed by atoms with E-state index in [0.717, 1.165) is 29.7 Å². The summed E-state index contributed by atoms with van der Waals surface area (Å²) in [5, 5.41) is 10.1. The maximum atomic E-state index is 10.1. The summed E-state index contributed by atoms with van der Waals surface area (Å²) in [5.41, 5.74) is 2.11. The van der Waals surface area contributed by atoms with Crippen LogP contribution < -0.4 is 4.74 Å². The summed E-state index contributed by atoms with van der Waals surface area (Å²) in [6, 6.07) is 5.83. The molecule has 0 radical (unpaired) electrons. The van der Waals surface area contributed by atoms with Crippen molar-refractivity contribution in [2.75, 3.05) is 7.11 Å². The molecule has 1 rings (SSSR count). The van der Waals surface area contributed by atoms with Crippen LogP contribution in [0, 0.1) is 12.8 Å². The van der Waals surface area contributed by atoms with Crippen LogP contribution >= 0.6 is 0 Å². The molecule has 0 heterocycles. The summed E-state index contributed by atoms with van der Waals surface area (Å²) in [4.78, 5) is 0. The van der Waals surface area contributed by atoms with Crippen molar-refractivity contribution in [1.82, 2.24) is 0 Å². The highest BCUT2D eigenvalue weighted by Gasteiger charge is 2.13. The van der Waals surface area contributed by atoms with Crippen LogP contribution in [0.1, 0.15) is 43.9 Å². The highest BCUT2D eigenvalue weighted by molar-refractivity contribution is 5.35. The molecular weight excluding hydrogens is 200 g/mol. The van der Waals surface area contributed by atoms with Gasteiger partial charge in [-0.3, -0.25) is 0 Å². The van der Waals surface area contributed by atoms with E-state index in [1.165, 1.54) is 0 Å². The molecule has 2 heteroatoms. The summed E-state index contributed by atoms with van der Waals surface area (Å²) in [7, 11) is 1.66. The minimum Gasteiger partial charge on any atom is -0.497 e. The van der Waals surface area contributed by atoms with E-state index in [1.54, 1.807) is 7.11 Å². The lowest BCUT2D eigenvalue weighted by Crippen LogP contribution is -2.05. The van der Waals surface area contributed by atoms with Crippen molar-refractivity contribution in [2.45, 2.75) is 39.7 Å². The molecule has 90 valence electrons. The summed E-state index contributed by atoms with van der Waals surface area (Å²) >= 11 is 0. The van der Waals surface area contributed by atoms with Crippen LogP contribution in [0.25, 0.3) is 0 Å². The first kappa shape index (κ1) is 13.0. The zero-order valence-electron chi connectivity index (χ0n) is 10.7. The zero-order valence-corrected chi connectivity index (χ0v) is 10.7. The van der Waals surface area contributed by atoms with E-state index >= 15 is 0 Å². The van der Waals surface area contributed by atoms with Gasteiger partial charge in [0.25, 0.3) is 0 Å². The predicted molar refractivity (Wildman–Crippen MR) is 66.8 cm³/mol. The van der Waals surface area contributed by atoms with Gasteiger partial charge in [-0.05, 0) is 42.5 Å². The molecule has 1 aromatic rings. The van der Waals surface area contributed by atoms with Crippen molar-refractivity contribution in [3.63, 3.8) is 0 Å². The smallest absolute Gasteiger partial charge is 0.119 e. The van der Waals surface area contributed by atoms with Crippen molar-refractivity contribution >= 4 is 0 Å². The van der Waals surface area contributed by atoms with Crippen molar-refractivity contribution in [2.24, 2.45) is 5.92 Å². The fourth-order valence-corrected chi connectivity index (χ4v) is 1.82. The quantitative estimate of drug-likeness (QED) is 0.826. The van der Waals surface area contributed by atoms with Crippen LogP contribution in [0.5, 0.6) is 5.75 Å². The third-order valence-electron chi connectivity index (χ3n) is 3.16. The number of hydrogen-bond acceptors (Lipinski definition) is 2. The molecule has 0 spiro atoms. The van der Waals surface area contributed by atoms with Crippen molar-refractivity contribution < 1.29 is 9.84 Å². The molecule has 0 aliphatic heterocycles. The molecule has 0 saturated heterocycles. The molecule has 0 amide bonds. The monoisotopic (exact) mass is 222 g/mol. The Hall–Kier alpha value is -1.02. The number of ether oxygens (including phenoxy) is 1. The van der Waals surface area contributed by atoms with E-state index in [4.69, 9.17) is 4.74 Å². The van der Waals surface area contributed by atoms with E-state index in [0.29, 0.717) is 5.92 Å². The van der Waals surface area contributed by atoms with Gasteiger partial charge in [0.1, 0.15) is 5.75 Å². The number of rotatable bonds is 5. The van der Waals surface area contributed by atoms with Gasteiger partial charge in [0.15, 0.2) is 0 Å². The van der Waals surface area contributed by atoms with Crippen LogP contribution in [0.4, 0.5) is 0 Å². The van der Waals surface area contributed by atoms with E-state index in [-0.39, 0.29) is 6.10 Å². The Morgan fingerprint density at radius 3 is 2.56 bits per heavy atom. The first-order valence-corrected chi connectivity index (χ1v) is 5.91. The molecule has 0 fully saturated rings. The molecule has 0 aromatic heterocycles. The van der Waals surface area contributed by atoms with Crippen LogP contribution in [0.2, 0.25) is 0 Å². The molecule has 0 saturated carbocycles. The Bertz CT molecular complexity index is 334. The van der Waals surface area contributed by atoms with Crippen molar-refractivity contribution in [3.8, 4) is 5.75 Å². The lowest BCUT2D eigenvalue weighted by atomic mass is 9.94. The minimum absolute atomic E-state index is 0.360.